The summed E-state index contributed by atoms with van der Waals surface area (Å²) in [5.41, 5.74) is 0.651. The first-order valence-corrected chi connectivity index (χ1v) is 10.2. The Hall–Kier alpha value is -2.58. The molecule has 0 aliphatic carbocycles. The highest BCUT2D eigenvalue weighted by Crippen LogP contribution is 2.41. The lowest BCUT2D eigenvalue weighted by Crippen LogP contribution is -2.39. The van der Waals surface area contributed by atoms with E-state index in [0.717, 1.165) is 4.68 Å². The van der Waals surface area contributed by atoms with Crippen molar-refractivity contribution in [1.29, 1.82) is 0 Å². The number of piperidine rings is 1. The number of alkyl halides is 3. The number of rotatable bonds is 3. The van der Waals surface area contributed by atoms with Crippen molar-refractivity contribution >= 4 is 11.7 Å². The van der Waals surface area contributed by atoms with E-state index in [1.165, 1.54) is 18.2 Å². The van der Waals surface area contributed by atoms with Gasteiger partial charge in [0.15, 0.2) is 6.04 Å². The average molecular weight is 424 g/mol. The molecule has 162 valence electrons. The second-order valence-corrected chi connectivity index (χ2v) is 7.99. The van der Waals surface area contributed by atoms with Crippen LogP contribution in [0.25, 0.3) is 0 Å². The molecule has 0 unspecified atom stereocenters. The molecular formula is C21H24F4N4O. The fourth-order valence-corrected chi connectivity index (χ4v) is 4.32. The van der Waals surface area contributed by atoms with E-state index in [-0.39, 0.29) is 29.9 Å². The second-order valence-electron chi connectivity index (χ2n) is 7.99. The third-order valence-electron chi connectivity index (χ3n) is 6.08. The molecule has 1 aromatic heterocycles. The summed E-state index contributed by atoms with van der Waals surface area (Å²) < 4.78 is 55.6. The lowest BCUT2D eigenvalue weighted by molar-refractivity contribution is -0.173. The first kappa shape index (κ1) is 20.7. The molecule has 1 N–H and O–H groups in total. The van der Waals surface area contributed by atoms with Crippen molar-refractivity contribution in [2.75, 3.05) is 18.4 Å². The maximum Gasteiger partial charge on any atom is 0.410 e. The van der Waals surface area contributed by atoms with Gasteiger partial charge in [-0.1, -0.05) is 19.1 Å². The van der Waals surface area contributed by atoms with Gasteiger partial charge in [0, 0.05) is 31.1 Å². The summed E-state index contributed by atoms with van der Waals surface area (Å²) >= 11 is 0. The van der Waals surface area contributed by atoms with Crippen molar-refractivity contribution in [3.63, 3.8) is 0 Å². The summed E-state index contributed by atoms with van der Waals surface area (Å²) in [4.78, 5) is 14.2. The van der Waals surface area contributed by atoms with Crippen LogP contribution in [0.2, 0.25) is 0 Å². The molecular weight excluding hydrogens is 400 g/mol. The molecule has 0 radical (unpaired) electrons. The van der Waals surface area contributed by atoms with Gasteiger partial charge in [0.1, 0.15) is 11.6 Å². The molecule has 9 heteroatoms. The number of nitrogens with zero attached hydrogens (tertiary/aromatic N) is 3. The Kier molecular flexibility index (Phi) is 5.46. The van der Waals surface area contributed by atoms with Crippen LogP contribution < -0.4 is 5.32 Å². The van der Waals surface area contributed by atoms with Crippen LogP contribution in [0, 0.1) is 5.82 Å². The van der Waals surface area contributed by atoms with E-state index < -0.39 is 18.0 Å². The molecule has 1 saturated heterocycles. The fraction of sp³-hybridized carbons (Fsp3) is 0.524. The zero-order valence-corrected chi connectivity index (χ0v) is 16.6. The number of anilines is 1. The largest absolute Gasteiger partial charge is 0.410 e. The zero-order chi connectivity index (χ0) is 21.5. The quantitative estimate of drug-likeness (QED) is 0.725. The van der Waals surface area contributed by atoms with Gasteiger partial charge in [-0.15, -0.1) is 0 Å². The molecule has 1 amide bonds. The van der Waals surface area contributed by atoms with Crippen LogP contribution in [-0.4, -0.2) is 45.9 Å². The molecule has 0 saturated carbocycles. The molecule has 5 nitrogen and oxygen atoms in total. The van der Waals surface area contributed by atoms with E-state index in [4.69, 9.17) is 0 Å². The number of amides is 1. The fourth-order valence-electron chi connectivity index (χ4n) is 4.32. The van der Waals surface area contributed by atoms with E-state index in [2.05, 4.69) is 10.4 Å². The number of halogens is 4. The Morgan fingerprint density at radius 2 is 1.93 bits per heavy atom. The molecule has 30 heavy (non-hydrogen) atoms. The van der Waals surface area contributed by atoms with E-state index in [9.17, 15) is 22.4 Å². The van der Waals surface area contributed by atoms with E-state index in [1.807, 2.05) is 6.92 Å². The molecule has 2 aromatic rings. The monoisotopic (exact) mass is 424 g/mol. The van der Waals surface area contributed by atoms with Crippen LogP contribution in [-0.2, 0) is 0 Å². The van der Waals surface area contributed by atoms with Crippen molar-refractivity contribution in [1.82, 2.24) is 14.7 Å². The first-order valence-electron chi connectivity index (χ1n) is 10.2. The molecule has 3 heterocycles. The van der Waals surface area contributed by atoms with E-state index in [1.54, 1.807) is 17.0 Å². The summed E-state index contributed by atoms with van der Waals surface area (Å²) in [5.74, 6) is -0.555. The van der Waals surface area contributed by atoms with Crippen molar-refractivity contribution in [2.45, 2.75) is 56.8 Å². The lowest BCUT2D eigenvalue weighted by atomic mass is 9.93. The van der Waals surface area contributed by atoms with Gasteiger partial charge >= 0.3 is 6.18 Å². The highest BCUT2D eigenvalue weighted by atomic mass is 19.4. The molecule has 2 aliphatic rings. The maximum atomic E-state index is 13.9. The van der Waals surface area contributed by atoms with Gasteiger partial charge in [-0.2, -0.15) is 18.3 Å². The number of benzene rings is 1. The molecule has 1 aromatic carbocycles. The third kappa shape index (κ3) is 3.89. The third-order valence-corrected chi connectivity index (χ3v) is 6.08. The number of carbonyl (C=O) groups is 1. The number of fused-ring (bicyclic) bond motifs is 1. The van der Waals surface area contributed by atoms with E-state index in [0.29, 0.717) is 43.9 Å². The first-order chi connectivity index (χ1) is 14.3. The molecule has 2 atom stereocenters. The second kappa shape index (κ2) is 7.92. The Bertz CT molecular complexity index is 918. The normalized spacial score (nSPS) is 22.5. The molecule has 4 rings (SSSR count). The highest BCUT2D eigenvalue weighted by Gasteiger charge is 2.46. The van der Waals surface area contributed by atoms with Crippen LogP contribution >= 0.6 is 0 Å². The van der Waals surface area contributed by atoms with Crippen molar-refractivity contribution in [3.8, 4) is 0 Å². The van der Waals surface area contributed by atoms with Crippen LogP contribution in [0.15, 0.2) is 30.3 Å². The molecule has 0 spiro atoms. The number of aromatic nitrogens is 2. The standard InChI is InChI=1S/C21H24F4N4O/c1-2-14-11-18(21(23,24)25)29-19(26-14)12-17(27-29)13-7-9-28(10-8-13)20(30)15-5-3-4-6-16(15)22/h3-6,12-14,18,26H,2,7-11H2,1H3/t14-,18-/m1/s1. The van der Waals surface area contributed by atoms with Crippen LogP contribution in [0.4, 0.5) is 23.4 Å². The minimum absolute atomic E-state index is 0.0380. The van der Waals surface area contributed by atoms with Gasteiger partial charge in [-0.05, 0) is 37.8 Å². The van der Waals surface area contributed by atoms with Crippen LogP contribution in [0.1, 0.15) is 60.6 Å². The molecule has 2 aliphatic heterocycles. The van der Waals surface area contributed by atoms with Crippen molar-refractivity contribution < 1.29 is 22.4 Å². The summed E-state index contributed by atoms with van der Waals surface area (Å²) in [6.07, 6.45) is -2.65. The Labute approximate surface area is 172 Å². The molecule has 0 bridgehead atoms. The summed E-state index contributed by atoms with van der Waals surface area (Å²) in [6.45, 7) is 2.68. The Morgan fingerprint density at radius 3 is 2.57 bits per heavy atom. The van der Waals surface area contributed by atoms with Gasteiger partial charge in [0.05, 0.1) is 11.3 Å². The Balaban J connectivity index is 1.48. The number of likely N-dealkylation sites (tertiary alicyclic amines) is 1. The average Bonchev–Trinajstić information content (AvgIpc) is 3.16. The predicted molar refractivity (Wildman–Crippen MR) is 104 cm³/mol. The number of hydrogen-bond acceptors (Lipinski definition) is 3. The van der Waals surface area contributed by atoms with Crippen molar-refractivity contribution in [3.05, 3.63) is 47.4 Å². The maximum absolute atomic E-state index is 13.9. The van der Waals surface area contributed by atoms with Gasteiger partial charge in [-0.3, -0.25) is 4.79 Å². The predicted octanol–water partition coefficient (Wildman–Crippen LogP) is 4.74. The highest BCUT2D eigenvalue weighted by molar-refractivity contribution is 5.94. The number of hydrogen-bond donors (Lipinski definition) is 1. The van der Waals surface area contributed by atoms with Crippen LogP contribution in [0.5, 0.6) is 0 Å². The summed E-state index contributed by atoms with van der Waals surface area (Å²) in [7, 11) is 0. The van der Waals surface area contributed by atoms with Gasteiger partial charge in [0.25, 0.3) is 5.91 Å². The van der Waals surface area contributed by atoms with E-state index >= 15 is 0 Å². The lowest BCUT2D eigenvalue weighted by Gasteiger charge is -2.32. The SMILES string of the molecule is CC[C@@H]1C[C@H](C(F)(F)F)n2nc(C3CCN(C(=O)c4ccccc4F)CC3)cc2N1. The van der Waals surface area contributed by atoms with Gasteiger partial charge in [0.2, 0.25) is 0 Å². The summed E-state index contributed by atoms with van der Waals surface area (Å²) in [5, 5.41) is 7.46. The summed E-state index contributed by atoms with van der Waals surface area (Å²) in [6, 6.07) is 5.70. The van der Waals surface area contributed by atoms with Crippen molar-refractivity contribution in [2.24, 2.45) is 0 Å². The van der Waals surface area contributed by atoms with Gasteiger partial charge in [-0.25, -0.2) is 9.07 Å². The topological polar surface area (TPSA) is 50.2 Å². The number of nitrogens with one attached hydrogen (secondary N) is 1. The Morgan fingerprint density at radius 1 is 1.23 bits per heavy atom. The van der Waals surface area contributed by atoms with Gasteiger partial charge < -0.3 is 10.2 Å². The minimum atomic E-state index is -4.36. The minimum Gasteiger partial charge on any atom is -0.367 e. The molecule has 1 fully saturated rings. The van der Waals surface area contributed by atoms with Crippen LogP contribution in [0.3, 0.4) is 0 Å². The smallest absolute Gasteiger partial charge is 0.367 e. The number of carbonyl (C=O) groups excluding carboxylic acids is 1. The zero-order valence-electron chi connectivity index (χ0n) is 16.6.